The number of hydrogen-bond donors (Lipinski definition) is 0. The molecule has 0 aliphatic heterocycles. The van der Waals surface area contributed by atoms with Gasteiger partial charge in [-0.1, -0.05) is 84.9 Å². The maximum atomic E-state index is 2.37. The molecule has 7 rings (SSSR count). The second kappa shape index (κ2) is 7.30. The van der Waals surface area contributed by atoms with Gasteiger partial charge in [0, 0.05) is 4.70 Å². The predicted molar refractivity (Wildman–Crippen MR) is 145 cm³/mol. The molecule has 0 radical (unpaired) electrons. The van der Waals surface area contributed by atoms with Gasteiger partial charge in [0.1, 0.15) is 0 Å². The maximum Gasteiger partial charge on any atom is 0.0343 e. The lowest BCUT2D eigenvalue weighted by Crippen LogP contribution is -1.85. The summed E-state index contributed by atoms with van der Waals surface area (Å²) in [6.07, 6.45) is 0. The Kier molecular flexibility index (Phi) is 4.12. The summed E-state index contributed by atoms with van der Waals surface area (Å²) in [4.78, 5) is 0. The van der Waals surface area contributed by atoms with Crippen LogP contribution in [0.1, 0.15) is 0 Å². The Morgan fingerprint density at radius 2 is 0.909 bits per heavy atom. The molecule has 1 heteroatoms. The minimum atomic E-state index is 1.25. The van der Waals surface area contributed by atoms with E-state index in [0.717, 1.165) is 0 Å². The van der Waals surface area contributed by atoms with Crippen LogP contribution in [-0.2, 0) is 0 Å². The smallest absolute Gasteiger partial charge is 0.0343 e. The summed E-state index contributed by atoms with van der Waals surface area (Å²) in [6, 6.07) is 42.3. The van der Waals surface area contributed by atoms with E-state index in [2.05, 4.69) is 121 Å². The summed E-state index contributed by atoms with van der Waals surface area (Å²) in [5, 5.41) is 11.4. The van der Waals surface area contributed by atoms with Gasteiger partial charge in [0.2, 0.25) is 0 Å². The average molecular weight is 437 g/mol. The second-order valence-corrected chi connectivity index (χ2v) is 9.55. The molecule has 1 heterocycles. The highest BCUT2D eigenvalue weighted by molar-refractivity contribution is 7.17. The molecule has 154 valence electrons. The average Bonchev–Trinajstić information content (AvgIpc) is 3.37. The van der Waals surface area contributed by atoms with Gasteiger partial charge in [0.05, 0.1) is 0 Å². The second-order valence-electron chi connectivity index (χ2n) is 8.61. The fourth-order valence-corrected chi connectivity index (χ4v) is 5.88. The van der Waals surface area contributed by atoms with Crippen LogP contribution in [0, 0.1) is 0 Å². The fourth-order valence-electron chi connectivity index (χ4n) is 5.11. The number of fused-ring (bicyclic) bond motifs is 7. The van der Waals surface area contributed by atoms with Crippen LogP contribution < -0.4 is 0 Å². The van der Waals surface area contributed by atoms with E-state index in [1.807, 2.05) is 0 Å². The number of hydrogen-bond acceptors (Lipinski definition) is 1. The minimum absolute atomic E-state index is 1.25. The quantitative estimate of drug-likeness (QED) is 0.237. The van der Waals surface area contributed by atoms with Crippen LogP contribution in [0.15, 0.2) is 121 Å². The van der Waals surface area contributed by atoms with Crippen LogP contribution in [-0.4, -0.2) is 0 Å². The molecule has 7 aromatic rings. The predicted octanol–water partition coefficient (Wildman–Crippen LogP) is 9.69. The van der Waals surface area contributed by atoms with Gasteiger partial charge in [-0.15, -0.1) is 11.3 Å². The van der Waals surface area contributed by atoms with E-state index in [0.29, 0.717) is 0 Å². The number of rotatable bonds is 2. The van der Waals surface area contributed by atoms with E-state index >= 15 is 0 Å². The largest absolute Gasteiger partial charge is 0.144 e. The van der Waals surface area contributed by atoms with Crippen molar-refractivity contribution < 1.29 is 0 Å². The first-order chi connectivity index (χ1) is 16.3. The molecule has 0 amide bonds. The highest BCUT2D eigenvalue weighted by atomic mass is 32.1. The molecule has 0 aliphatic rings. The Bertz CT molecular complexity index is 1780. The highest BCUT2D eigenvalue weighted by Gasteiger charge is 2.10. The normalized spacial score (nSPS) is 11.6. The van der Waals surface area contributed by atoms with E-state index < -0.39 is 0 Å². The Morgan fingerprint density at radius 3 is 1.61 bits per heavy atom. The Morgan fingerprint density at radius 1 is 0.364 bits per heavy atom. The van der Waals surface area contributed by atoms with E-state index in [9.17, 15) is 0 Å². The van der Waals surface area contributed by atoms with E-state index in [1.165, 1.54) is 64.7 Å². The van der Waals surface area contributed by atoms with Crippen molar-refractivity contribution in [2.75, 3.05) is 0 Å². The SMILES string of the molecule is c1cc(-c2ccc3sccc3c2)cc(-c2ccc3c4ccccc4c4ccccc4c3c2)c1. The van der Waals surface area contributed by atoms with Gasteiger partial charge in [-0.05, 0) is 95.7 Å². The van der Waals surface area contributed by atoms with Crippen LogP contribution in [0.2, 0.25) is 0 Å². The van der Waals surface area contributed by atoms with E-state index in [1.54, 1.807) is 11.3 Å². The number of benzene rings is 6. The van der Waals surface area contributed by atoms with Gasteiger partial charge < -0.3 is 0 Å². The molecular formula is C32H20S. The third kappa shape index (κ3) is 2.97. The summed E-state index contributed by atoms with van der Waals surface area (Å²) in [6.45, 7) is 0. The van der Waals surface area contributed by atoms with Gasteiger partial charge in [0.15, 0.2) is 0 Å². The molecule has 0 fully saturated rings. The van der Waals surface area contributed by atoms with Crippen LogP contribution in [0.3, 0.4) is 0 Å². The van der Waals surface area contributed by atoms with Gasteiger partial charge in [-0.2, -0.15) is 0 Å². The molecule has 0 saturated carbocycles. The molecule has 0 saturated heterocycles. The fraction of sp³-hybridized carbons (Fsp3) is 0. The van der Waals surface area contributed by atoms with Crippen molar-refractivity contribution in [2.45, 2.75) is 0 Å². The van der Waals surface area contributed by atoms with Crippen LogP contribution in [0.25, 0.3) is 64.7 Å². The topological polar surface area (TPSA) is 0 Å². The lowest BCUT2D eigenvalue weighted by atomic mass is 9.91. The molecule has 0 spiro atoms. The molecule has 6 aromatic carbocycles. The zero-order valence-corrected chi connectivity index (χ0v) is 18.8. The minimum Gasteiger partial charge on any atom is -0.144 e. The number of thiophene rings is 1. The van der Waals surface area contributed by atoms with Gasteiger partial charge in [0.25, 0.3) is 0 Å². The summed E-state index contributed by atoms with van der Waals surface area (Å²) >= 11 is 1.79. The van der Waals surface area contributed by atoms with Crippen LogP contribution >= 0.6 is 11.3 Å². The van der Waals surface area contributed by atoms with Crippen molar-refractivity contribution in [3.63, 3.8) is 0 Å². The van der Waals surface area contributed by atoms with Crippen molar-refractivity contribution in [3.05, 3.63) is 121 Å². The first-order valence-electron chi connectivity index (χ1n) is 11.3. The maximum absolute atomic E-state index is 2.37. The third-order valence-corrected chi connectivity index (χ3v) is 7.62. The van der Waals surface area contributed by atoms with Crippen molar-refractivity contribution in [1.29, 1.82) is 0 Å². The first kappa shape index (κ1) is 18.6. The van der Waals surface area contributed by atoms with Crippen molar-refractivity contribution in [1.82, 2.24) is 0 Å². The lowest BCUT2D eigenvalue weighted by molar-refractivity contribution is 1.62. The summed E-state index contributed by atoms with van der Waals surface area (Å²) in [5.74, 6) is 0. The third-order valence-electron chi connectivity index (χ3n) is 6.73. The molecule has 0 nitrogen and oxygen atoms in total. The summed E-state index contributed by atoms with van der Waals surface area (Å²) in [7, 11) is 0. The van der Waals surface area contributed by atoms with Gasteiger partial charge >= 0.3 is 0 Å². The molecule has 0 aliphatic carbocycles. The molecule has 0 bridgehead atoms. The molecule has 0 unspecified atom stereocenters. The van der Waals surface area contributed by atoms with Gasteiger partial charge in [-0.25, -0.2) is 0 Å². The zero-order chi connectivity index (χ0) is 21.8. The Labute approximate surface area is 196 Å². The molecule has 0 N–H and O–H groups in total. The molecule has 0 atom stereocenters. The molecule has 33 heavy (non-hydrogen) atoms. The first-order valence-corrected chi connectivity index (χ1v) is 12.1. The summed E-state index contributed by atoms with van der Waals surface area (Å²) < 4.78 is 1.34. The summed E-state index contributed by atoms with van der Waals surface area (Å²) in [5.41, 5.74) is 5.02. The van der Waals surface area contributed by atoms with E-state index in [4.69, 9.17) is 0 Å². The Balaban J connectivity index is 1.44. The van der Waals surface area contributed by atoms with Crippen molar-refractivity contribution in [2.24, 2.45) is 0 Å². The standard InChI is InChI=1S/C32H20S/c1-2-10-28-26(8-1)27-9-3-4-11-29(27)31-20-24(12-14-30(28)31)22-7-5-6-21(18-22)23-13-15-32-25(19-23)16-17-33-32/h1-20H. The van der Waals surface area contributed by atoms with E-state index in [-0.39, 0.29) is 0 Å². The van der Waals surface area contributed by atoms with Crippen LogP contribution in [0.5, 0.6) is 0 Å². The van der Waals surface area contributed by atoms with Crippen molar-refractivity contribution in [3.8, 4) is 22.3 Å². The monoisotopic (exact) mass is 436 g/mol. The van der Waals surface area contributed by atoms with Gasteiger partial charge in [-0.3, -0.25) is 0 Å². The Hall–Kier alpha value is -3.94. The molecular weight excluding hydrogens is 416 g/mol. The van der Waals surface area contributed by atoms with Crippen LogP contribution in [0.4, 0.5) is 0 Å². The lowest BCUT2D eigenvalue weighted by Gasteiger charge is -2.12. The highest BCUT2D eigenvalue weighted by Crippen LogP contribution is 2.37. The zero-order valence-electron chi connectivity index (χ0n) is 18.0. The van der Waals surface area contributed by atoms with Crippen molar-refractivity contribution >= 4 is 53.7 Å². The molecule has 1 aromatic heterocycles.